The number of rotatable bonds is 2. The maximum Gasteiger partial charge on any atom is 0.316 e. The molecular formula is C11H14N4O2. The first kappa shape index (κ1) is 11.5. The van der Waals surface area contributed by atoms with Crippen LogP contribution in [0.4, 0.5) is 0 Å². The van der Waals surface area contributed by atoms with E-state index in [9.17, 15) is 9.59 Å². The van der Waals surface area contributed by atoms with E-state index in [4.69, 9.17) is 0 Å². The molecule has 0 aromatic carbocycles. The highest BCUT2D eigenvalue weighted by Crippen LogP contribution is 2.08. The fourth-order valence-electron chi connectivity index (χ4n) is 1.72. The van der Waals surface area contributed by atoms with E-state index >= 15 is 0 Å². The van der Waals surface area contributed by atoms with E-state index < -0.39 is 11.1 Å². The van der Waals surface area contributed by atoms with Gasteiger partial charge in [0.2, 0.25) is 0 Å². The summed E-state index contributed by atoms with van der Waals surface area (Å²) < 4.78 is 1.32. The van der Waals surface area contributed by atoms with Crippen molar-refractivity contribution >= 4 is 11.2 Å². The van der Waals surface area contributed by atoms with Gasteiger partial charge in [-0.05, 0) is 25.7 Å². The van der Waals surface area contributed by atoms with E-state index in [1.165, 1.54) is 4.57 Å². The molecule has 90 valence electrons. The minimum Gasteiger partial charge on any atom is -0.305 e. The molecule has 6 heteroatoms. The Morgan fingerprint density at radius 1 is 1.41 bits per heavy atom. The van der Waals surface area contributed by atoms with Crippen LogP contribution in [-0.4, -0.2) is 33.5 Å². The van der Waals surface area contributed by atoms with Gasteiger partial charge in [0.25, 0.3) is 0 Å². The molecule has 2 heterocycles. The van der Waals surface area contributed by atoms with Gasteiger partial charge in [0.1, 0.15) is 0 Å². The molecule has 0 spiro atoms. The Bertz CT molecular complexity index is 669. The Hall–Kier alpha value is -1.95. The van der Waals surface area contributed by atoms with Crippen LogP contribution in [0, 0.1) is 0 Å². The van der Waals surface area contributed by atoms with Crippen LogP contribution >= 0.6 is 0 Å². The Balaban J connectivity index is 2.69. The quantitative estimate of drug-likeness (QED) is 0.723. The zero-order valence-corrected chi connectivity index (χ0v) is 10.0. The highest BCUT2D eigenvalue weighted by molar-refractivity contribution is 5.70. The number of hydrogen-bond acceptors (Lipinski definition) is 4. The van der Waals surface area contributed by atoms with Gasteiger partial charge in [-0.2, -0.15) is 0 Å². The van der Waals surface area contributed by atoms with Gasteiger partial charge in [0, 0.05) is 19.8 Å². The molecular weight excluding hydrogens is 220 g/mol. The first-order valence-corrected chi connectivity index (χ1v) is 5.21. The van der Waals surface area contributed by atoms with Gasteiger partial charge in [0.05, 0.1) is 5.52 Å². The molecule has 2 aromatic heterocycles. The molecule has 0 atom stereocenters. The first-order valence-electron chi connectivity index (χ1n) is 5.21. The Morgan fingerprint density at radius 2 is 2.12 bits per heavy atom. The summed E-state index contributed by atoms with van der Waals surface area (Å²) >= 11 is 0. The van der Waals surface area contributed by atoms with Crippen LogP contribution in [-0.2, 0) is 13.6 Å². The van der Waals surface area contributed by atoms with Crippen LogP contribution in [0.15, 0.2) is 21.9 Å². The predicted molar refractivity (Wildman–Crippen MR) is 65.0 cm³/mol. The van der Waals surface area contributed by atoms with Crippen LogP contribution in [0.2, 0.25) is 0 Å². The third-order valence-corrected chi connectivity index (χ3v) is 2.52. The molecule has 0 saturated heterocycles. The van der Waals surface area contributed by atoms with Gasteiger partial charge in [-0.25, -0.2) is 4.98 Å². The summed E-state index contributed by atoms with van der Waals surface area (Å²) in [6.45, 7) is 0.732. The van der Waals surface area contributed by atoms with Gasteiger partial charge >= 0.3 is 11.1 Å². The van der Waals surface area contributed by atoms with Gasteiger partial charge in [-0.1, -0.05) is 0 Å². The lowest BCUT2D eigenvalue weighted by molar-refractivity contribution is 0.402. The molecule has 0 radical (unpaired) electrons. The molecule has 0 saturated carbocycles. The maximum absolute atomic E-state index is 11.5. The second-order valence-electron chi connectivity index (χ2n) is 4.27. The van der Waals surface area contributed by atoms with E-state index in [0.29, 0.717) is 11.2 Å². The molecule has 0 unspecified atom stereocenters. The predicted octanol–water partition coefficient (Wildman–Crippen LogP) is -0.317. The van der Waals surface area contributed by atoms with Crippen molar-refractivity contribution in [3.05, 3.63) is 38.5 Å². The van der Waals surface area contributed by atoms with Crippen LogP contribution in [0.3, 0.4) is 0 Å². The molecule has 0 aliphatic rings. The Morgan fingerprint density at radius 3 is 2.76 bits per heavy atom. The second-order valence-corrected chi connectivity index (χ2v) is 4.27. The maximum atomic E-state index is 11.5. The fourth-order valence-corrected chi connectivity index (χ4v) is 1.72. The van der Waals surface area contributed by atoms with Crippen molar-refractivity contribution in [3.63, 3.8) is 0 Å². The number of hydrogen-bond donors (Lipinski definition) is 1. The zero-order chi connectivity index (χ0) is 12.6. The Kier molecular flexibility index (Phi) is 2.81. The van der Waals surface area contributed by atoms with Crippen molar-refractivity contribution in [2.75, 3.05) is 14.1 Å². The van der Waals surface area contributed by atoms with Crippen molar-refractivity contribution in [2.24, 2.45) is 7.05 Å². The van der Waals surface area contributed by atoms with Crippen molar-refractivity contribution < 1.29 is 0 Å². The van der Waals surface area contributed by atoms with Crippen molar-refractivity contribution in [1.29, 1.82) is 0 Å². The molecule has 17 heavy (non-hydrogen) atoms. The highest BCUT2D eigenvalue weighted by atomic mass is 16.2. The number of nitrogens with one attached hydrogen (secondary N) is 1. The molecule has 0 fully saturated rings. The lowest BCUT2D eigenvalue weighted by Crippen LogP contribution is -2.35. The molecule has 1 N–H and O–H groups in total. The first-order chi connectivity index (χ1) is 7.99. The van der Waals surface area contributed by atoms with E-state index in [1.807, 2.05) is 25.1 Å². The van der Waals surface area contributed by atoms with Crippen molar-refractivity contribution in [2.45, 2.75) is 6.54 Å². The van der Waals surface area contributed by atoms with Crippen molar-refractivity contribution in [1.82, 2.24) is 19.4 Å². The molecule has 2 aromatic rings. The van der Waals surface area contributed by atoms with Crippen LogP contribution in [0.25, 0.3) is 11.2 Å². The van der Waals surface area contributed by atoms with E-state index in [0.717, 1.165) is 12.1 Å². The number of aryl methyl sites for hydroxylation is 1. The number of fused-ring (bicyclic) bond motifs is 1. The standard InChI is InChI=1S/C11H14N4O2/c1-14(2)6-7-4-8-9(12-5-7)13-10(16)11(17)15(8)3/h4-5H,6H2,1-3H3,(H,12,13,16). The summed E-state index contributed by atoms with van der Waals surface area (Å²) in [4.78, 5) is 31.4. The molecule has 0 amide bonds. The average molecular weight is 234 g/mol. The number of H-pyrrole nitrogens is 1. The number of aromatic amines is 1. The lowest BCUT2D eigenvalue weighted by atomic mass is 10.2. The van der Waals surface area contributed by atoms with Gasteiger partial charge < -0.3 is 14.5 Å². The lowest BCUT2D eigenvalue weighted by Gasteiger charge is -2.10. The highest BCUT2D eigenvalue weighted by Gasteiger charge is 2.06. The van der Waals surface area contributed by atoms with E-state index in [1.54, 1.807) is 13.2 Å². The SMILES string of the molecule is CN(C)Cc1cnc2[nH]c(=O)c(=O)n(C)c2c1. The molecule has 0 aliphatic heterocycles. The second kappa shape index (κ2) is 4.14. The molecule has 0 aliphatic carbocycles. The summed E-state index contributed by atoms with van der Waals surface area (Å²) in [6, 6.07) is 1.86. The number of aromatic nitrogens is 3. The number of nitrogens with zero attached hydrogens (tertiary/aromatic N) is 3. The fraction of sp³-hybridized carbons (Fsp3) is 0.364. The monoisotopic (exact) mass is 234 g/mol. The molecule has 0 bridgehead atoms. The third-order valence-electron chi connectivity index (χ3n) is 2.52. The van der Waals surface area contributed by atoms with Gasteiger partial charge in [-0.3, -0.25) is 9.59 Å². The van der Waals surface area contributed by atoms with Crippen molar-refractivity contribution in [3.8, 4) is 0 Å². The zero-order valence-electron chi connectivity index (χ0n) is 10.0. The summed E-state index contributed by atoms with van der Waals surface area (Å²) in [5.41, 5.74) is 0.840. The summed E-state index contributed by atoms with van der Waals surface area (Å²) in [5.74, 6) is 0. The van der Waals surface area contributed by atoms with Gasteiger partial charge in [-0.15, -0.1) is 0 Å². The summed E-state index contributed by atoms with van der Waals surface area (Å²) in [7, 11) is 5.48. The van der Waals surface area contributed by atoms with Crippen LogP contribution in [0.5, 0.6) is 0 Å². The van der Waals surface area contributed by atoms with Crippen LogP contribution in [0.1, 0.15) is 5.56 Å². The average Bonchev–Trinajstić information content (AvgIpc) is 2.26. The minimum atomic E-state index is -0.646. The largest absolute Gasteiger partial charge is 0.316 e. The summed E-state index contributed by atoms with van der Waals surface area (Å²) in [6.07, 6.45) is 1.70. The number of pyridine rings is 1. The van der Waals surface area contributed by atoms with E-state index in [2.05, 4.69) is 9.97 Å². The minimum absolute atomic E-state index is 0.430. The topological polar surface area (TPSA) is 71.0 Å². The molecule has 2 rings (SSSR count). The van der Waals surface area contributed by atoms with Gasteiger partial charge in [0.15, 0.2) is 5.65 Å². The Labute approximate surface area is 97.5 Å². The normalized spacial score (nSPS) is 11.3. The smallest absolute Gasteiger partial charge is 0.305 e. The summed E-state index contributed by atoms with van der Waals surface area (Å²) in [5, 5.41) is 0. The van der Waals surface area contributed by atoms with E-state index in [-0.39, 0.29) is 0 Å². The van der Waals surface area contributed by atoms with Crippen LogP contribution < -0.4 is 11.1 Å². The molecule has 6 nitrogen and oxygen atoms in total. The third kappa shape index (κ3) is 2.12.